The van der Waals surface area contributed by atoms with Crippen LogP contribution in [0.15, 0.2) is 23.8 Å². The smallest absolute Gasteiger partial charge is 0.263 e. The maximum atomic E-state index is 11.8. The van der Waals surface area contributed by atoms with Gasteiger partial charge in [-0.2, -0.15) is 0 Å². The first-order valence-corrected chi connectivity index (χ1v) is 6.54. The largest absolute Gasteiger partial charge is 0.480 e. The maximum Gasteiger partial charge on any atom is 0.263 e. The molecular formula is C14H9ClN2O3S. The van der Waals surface area contributed by atoms with Gasteiger partial charge in [0.2, 0.25) is 0 Å². The molecule has 2 N–H and O–H groups in total. The predicted molar refractivity (Wildman–Crippen MR) is 82.6 cm³/mol. The first-order valence-electron chi connectivity index (χ1n) is 5.75. The van der Waals surface area contributed by atoms with Crippen molar-refractivity contribution in [3.63, 3.8) is 0 Å². The first kappa shape index (κ1) is 15.0. The average Bonchev–Trinajstić information content (AvgIpc) is 2.42. The van der Waals surface area contributed by atoms with Crippen LogP contribution in [0.2, 0.25) is 5.02 Å². The highest BCUT2D eigenvalue weighted by atomic mass is 35.5. The summed E-state index contributed by atoms with van der Waals surface area (Å²) >= 11 is 10.6. The zero-order valence-corrected chi connectivity index (χ0v) is 12.2. The SMILES string of the molecule is C#CCOc1ccc(Cl)cc1C=C1C(=O)NC(=S)NC1=O. The number of hydrogen-bond donors (Lipinski definition) is 2. The zero-order chi connectivity index (χ0) is 15.4. The van der Waals surface area contributed by atoms with Crippen LogP contribution in [0.25, 0.3) is 6.08 Å². The van der Waals surface area contributed by atoms with E-state index in [-0.39, 0.29) is 17.3 Å². The van der Waals surface area contributed by atoms with E-state index in [1.165, 1.54) is 6.08 Å². The van der Waals surface area contributed by atoms with E-state index in [2.05, 4.69) is 16.6 Å². The first-order chi connectivity index (χ1) is 10.0. The van der Waals surface area contributed by atoms with Gasteiger partial charge in [-0.25, -0.2) is 0 Å². The van der Waals surface area contributed by atoms with Gasteiger partial charge in [-0.3, -0.25) is 20.2 Å². The molecule has 1 aliphatic heterocycles. The van der Waals surface area contributed by atoms with Gasteiger partial charge in [0.1, 0.15) is 17.9 Å². The summed E-state index contributed by atoms with van der Waals surface area (Å²) in [4.78, 5) is 23.6. The number of ether oxygens (including phenoxy) is 1. The number of hydrogen-bond acceptors (Lipinski definition) is 4. The van der Waals surface area contributed by atoms with Gasteiger partial charge in [-0.1, -0.05) is 17.5 Å². The van der Waals surface area contributed by atoms with E-state index in [0.717, 1.165) is 0 Å². The fraction of sp³-hybridized carbons (Fsp3) is 0.0714. The van der Waals surface area contributed by atoms with Crippen LogP contribution in [-0.4, -0.2) is 23.5 Å². The average molecular weight is 321 g/mol. The van der Waals surface area contributed by atoms with Crippen molar-refractivity contribution in [2.45, 2.75) is 0 Å². The molecule has 0 aromatic heterocycles. The van der Waals surface area contributed by atoms with Gasteiger partial charge < -0.3 is 4.74 Å². The Bertz CT molecular complexity index is 685. The molecule has 0 aliphatic carbocycles. The Morgan fingerprint density at radius 1 is 1.33 bits per heavy atom. The van der Waals surface area contributed by atoms with Gasteiger partial charge in [0.25, 0.3) is 11.8 Å². The molecule has 1 aliphatic rings. The molecule has 1 saturated heterocycles. The molecule has 1 aromatic carbocycles. The quantitative estimate of drug-likeness (QED) is 0.381. The minimum absolute atomic E-state index is 0.0305. The number of terminal acetylenes is 1. The number of benzene rings is 1. The van der Waals surface area contributed by atoms with Crippen molar-refractivity contribution in [1.82, 2.24) is 10.6 Å². The van der Waals surface area contributed by atoms with Gasteiger partial charge in [-0.05, 0) is 36.5 Å². The predicted octanol–water partition coefficient (Wildman–Crippen LogP) is 1.27. The number of thiocarbonyl (C=S) groups is 1. The number of carbonyl (C=O) groups excluding carboxylic acids is 2. The summed E-state index contributed by atoms with van der Waals surface area (Å²) < 4.78 is 5.35. The van der Waals surface area contributed by atoms with E-state index >= 15 is 0 Å². The molecule has 0 radical (unpaired) electrons. The third-order valence-corrected chi connectivity index (χ3v) is 2.97. The van der Waals surface area contributed by atoms with Gasteiger partial charge in [0.15, 0.2) is 5.11 Å². The Kier molecular flexibility index (Phi) is 4.58. The second-order valence-corrected chi connectivity index (χ2v) is 4.82. The van der Waals surface area contributed by atoms with Crippen molar-refractivity contribution < 1.29 is 14.3 Å². The molecular weight excluding hydrogens is 312 g/mol. The number of rotatable bonds is 3. The Morgan fingerprint density at radius 2 is 2.00 bits per heavy atom. The molecule has 7 heteroatoms. The normalized spacial score (nSPS) is 14.1. The topological polar surface area (TPSA) is 67.4 Å². The number of halogens is 1. The van der Waals surface area contributed by atoms with Crippen molar-refractivity contribution in [3.8, 4) is 18.1 Å². The van der Waals surface area contributed by atoms with Crippen molar-refractivity contribution in [1.29, 1.82) is 0 Å². The summed E-state index contributed by atoms with van der Waals surface area (Å²) in [7, 11) is 0. The Labute approximate surface area is 131 Å². The molecule has 106 valence electrons. The van der Waals surface area contributed by atoms with E-state index in [1.807, 2.05) is 0 Å². The summed E-state index contributed by atoms with van der Waals surface area (Å²) in [6.07, 6.45) is 6.51. The Balaban J connectivity index is 2.41. The summed E-state index contributed by atoms with van der Waals surface area (Å²) in [6, 6.07) is 4.79. The van der Waals surface area contributed by atoms with Crippen LogP contribution in [0.1, 0.15) is 5.56 Å². The molecule has 0 spiro atoms. The summed E-state index contributed by atoms with van der Waals surface area (Å²) in [5.41, 5.74) is 0.363. The van der Waals surface area contributed by atoms with Crippen LogP contribution in [0, 0.1) is 12.3 Å². The number of nitrogens with one attached hydrogen (secondary N) is 2. The fourth-order valence-electron chi connectivity index (χ4n) is 1.64. The molecule has 5 nitrogen and oxygen atoms in total. The lowest BCUT2D eigenvalue weighted by Gasteiger charge is -2.17. The molecule has 1 aromatic rings. The van der Waals surface area contributed by atoms with Gasteiger partial charge in [0, 0.05) is 10.6 Å². The second kappa shape index (κ2) is 6.39. The lowest BCUT2D eigenvalue weighted by Crippen LogP contribution is -2.51. The molecule has 0 bridgehead atoms. The van der Waals surface area contributed by atoms with E-state index in [1.54, 1.807) is 18.2 Å². The van der Waals surface area contributed by atoms with Crippen LogP contribution < -0.4 is 15.4 Å². The second-order valence-electron chi connectivity index (χ2n) is 3.97. The van der Waals surface area contributed by atoms with Crippen LogP contribution in [0.5, 0.6) is 5.75 Å². The fourth-order valence-corrected chi connectivity index (χ4v) is 2.01. The minimum Gasteiger partial charge on any atom is -0.480 e. The molecule has 0 unspecified atom stereocenters. The molecule has 2 rings (SSSR count). The van der Waals surface area contributed by atoms with E-state index < -0.39 is 11.8 Å². The third kappa shape index (κ3) is 3.60. The van der Waals surface area contributed by atoms with Crippen molar-refractivity contribution >= 4 is 46.8 Å². The third-order valence-electron chi connectivity index (χ3n) is 2.53. The molecule has 1 fully saturated rings. The van der Waals surface area contributed by atoms with Crippen molar-refractivity contribution in [2.24, 2.45) is 0 Å². The highest BCUT2D eigenvalue weighted by Gasteiger charge is 2.26. The van der Waals surface area contributed by atoms with Gasteiger partial charge in [-0.15, -0.1) is 6.42 Å². The standard InChI is InChI=1S/C14H9ClN2O3S/c1-2-5-20-11-4-3-9(15)6-8(11)7-10-12(18)16-14(21)17-13(10)19/h1,3-4,6-7H,5H2,(H2,16,17,18,19,21). The summed E-state index contributed by atoms with van der Waals surface area (Å²) in [5.74, 6) is 1.57. The highest BCUT2D eigenvalue weighted by molar-refractivity contribution is 7.80. The number of carbonyl (C=O) groups is 2. The van der Waals surface area contributed by atoms with Crippen LogP contribution in [-0.2, 0) is 9.59 Å². The summed E-state index contributed by atoms with van der Waals surface area (Å²) in [6.45, 7) is 0.0558. The Hall–Kier alpha value is -2.36. The van der Waals surface area contributed by atoms with Crippen molar-refractivity contribution in [2.75, 3.05) is 6.61 Å². The molecule has 0 saturated carbocycles. The maximum absolute atomic E-state index is 11.8. The van der Waals surface area contributed by atoms with Crippen LogP contribution >= 0.6 is 23.8 Å². The molecule has 1 heterocycles. The van der Waals surface area contributed by atoms with Crippen molar-refractivity contribution in [3.05, 3.63) is 34.4 Å². The Morgan fingerprint density at radius 3 is 2.62 bits per heavy atom. The van der Waals surface area contributed by atoms with Crippen LogP contribution in [0.3, 0.4) is 0 Å². The van der Waals surface area contributed by atoms with Gasteiger partial charge in [0.05, 0.1) is 0 Å². The number of amides is 2. The molecule has 2 amide bonds. The lowest BCUT2D eigenvalue weighted by molar-refractivity contribution is -0.123. The van der Waals surface area contributed by atoms with E-state index in [0.29, 0.717) is 16.3 Å². The monoisotopic (exact) mass is 320 g/mol. The lowest BCUT2D eigenvalue weighted by atomic mass is 10.1. The summed E-state index contributed by atoms with van der Waals surface area (Å²) in [5, 5.41) is 5.09. The zero-order valence-electron chi connectivity index (χ0n) is 10.6. The van der Waals surface area contributed by atoms with Crippen LogP contribution in [0.4, 0.5) is 0 Å². The molecule has 0 atom stereocenters. The van der Waals surface area contributed by atoms with Gasteiger partial charge >= 0.3 is 0 Å². The highest BCUT2D eigenvalue weighted by Crippen LogP contribution is 2.25. The minimum atomic E-state index is -0.591. The van der Waals surface area contributed by atoms with E-state index in [4.69, 9.17) is 35.0 Å². The van der Waals surface area contributed by atoms with E-state index in [9.17, 15) is 9.59 Å². The molecule has 21 heavy (non-hydrogen) atoms.